The zero-order valence-corrected chi connectivity index (χ0v) is 12.8. The van der Waals surface area contributed by atoms with Crippen LogP contribution in [-0.4, -0.2) is 47.2 Å². The second-order valence-electron chi connectivity index (χ2n) is 6.26. The van der Waals surface area contributed by atoms with Crippen LogP contribution in [-0.2, 0) is 0 Å². The highest BCUT2D eigenvalue weighted by Gasteiger charge is 2.70. The molecule has 0 aromatic heterocycles. The van der Waals surface area contributed by atoms with Crippen molar-refractivity contribution in [3.8, 4) is 0 Å². The van der Waals surface area contributed by atoms with Gasteiger partial charge in [0.1, 0.15) is 5.60 Å². The first-order valence-corrected chi connectivity index (χ1v) is 7.27. The van der Waals surface area contributed by atoms with Crippen LogP contribution >= 0.6 is 0 Å². The zero-order valence-electron chi connectivity index (χ0n) is 12.8. The van der Waals surface area contributed by atoms with Crippen LogP contribution in [0.1, 0.15) is 32.1 Å². The van der Waals surface area contributed by atoms with E-state index in [2.05, 4.69) is 0 Å². The molecule has 26 heavy (non-hydrogen) atoms. The summed E-state index contributed by atoms with van der Waals surface area (Å²) in [5.74, 6) is -13.5. The molecule has 0 saturated heterocycles. The molecule has 1 N–H and O–H groups in total. The quantitative estimate of drug-likeness (QED) is 0.600. The minimum atomic E-state index is -6.15. The molecule has 1 nitrogen and oxygen atoms in total. The molecule has 1 saturated carbocycles. The lowest BCUT2D eigenvalue weighted by atomic mass is 9.68. The average molecular weight is 414 g/mol. The van der Waals surface area contributed by atoms with Crippen LogP contribution in [0.2, 0.25) is 0 Å². The fraction of sp³-hybridized carbons (Fsp3) is 1.00. The SMILES string of the molecule is O[C@@]1(C(F)(F)C(F)C(F)(F)F)CCCC[C@@H]1CC(F)(F)C(F)C(F)(F)F. The zero-order chi connectivity index (χ0) is 20.8. The van der Waals surface area contributed by atoms with Crippen molar-refractivity contribution in [1.82, 2.24) is 0 Å². The molecule has 0 heterocycles. The van der Waals surface area contributed by atoms with Gasteiger partial charge in [-0.3, -0.25) is 0 Å². The molecule has 0 spiro atoms. The van der Waals surface area contributed by atoms with Crippen molar-refractivity contribution in [2.75, 3.05) is 0 Å². The Kier molecular flexibility index (Phi) is 6.18. The molecule has 0 aliphatic heterocycles. The normalized spacial score (nSPS) is 28.7. The summed E-state index contributed by atoms with van der Waals surface area (Å²) in [4.78, 5) is 0. The van der Waals surface area contributed by atoms with E-state index in [0.29, 0.717) is 0 Å². The summed E-state index contributed by atoms with van der Waals surface area (Å²) >= 11 is 0. The maximum Gasteiger partial charge on any atom is 0.425 e. The van der Waals surface area contributed by atoms with Crippen LogP contribution in [0.15, 0.2) is 0 Å². The summed E-state index contributed by atoms with van der Waals surface area (Å²) < 4.78 is 154. The summed E-state index contributed by atoms with van der Waals surface area (Å²) in [7, 11) is 0. The lowest BCUT2D eigenvalue weighted by Gasteiger charge is -2.46. The van der Waals surface area contributed by atoms with Gasteiger partial charge in [0.25, 0.3) is 18.3 Å². The van der Waals surface area contributed by atoms with Crippen molar-refractivity contribution in [3.63, 3.8) is 0 Å². The lowest BCUT2D eigenvalue weighted by molar-refractivity contribution is -0.316. The van der Waals surface area contributed by atoms with Gasteiger partial charge in [0, 0.05) is 6.42 Å². The van der Waals surface area contributed by atoms with E-state index in [1.807, 2.05) is 0 Å². The van der Waals surface area contributed by atoms with E-state index in [4.69, 9.17) is 0 Å². The number of halogens is 12. The first kappa shape index (κ1) is 23.2. The van der Waals surface area contributed by atoms with Crippen molar-refractivity contribution in [2.24, 2.45) is 5.92 Å². The molecule has 1 aliphatic rings. The smallest absolute Gasteiger partial charge is 0.383 e. The van der Waals surface area contributed by atoms with Crippen LogP contribution in [0.4, 0.5) is 52.7 Å². The van der Waals surface area contributed by atoms with Gasteiger partial charge in [-0.15, -0.1) is 0 Å². The Balaban J connectivity index is 3.21. The lowest BCUT2D eigenvalue weighted by Crippen LogP contribution is -2.63. The van der Waals surface area contributed by atoms with E-state index in [9.17, 15) is 57.8 Å². The molecule has 0 aromatic rings. The van der Waals surface area contributed by atoms with E-state index < -0.39 is 73.7 Å². The molecule has 1 rings (SSSR count). The Labute approximate surface area is 139 Å². The van der Waals surface area contributed by atoms with Crippen LogP contribution in [0, 0.1) is 5.92 Å². The molecule has 0 amide bonds. The van der Waals surface area contributed by atoms with Crippen molar-refractivity contribution in [2.45, 2.75) is 74.2 Å². The van der Waals surface area contributed by atoms with Crippen LogP contribution < -0.4 is 0 Å². The Hall–Kier alpha value is -0.880. The number of aliphatic hydroxyl groups is 1. The predicted molar refractivity (Wildman–Crippen MR) is 63.3 cm³/mol. The van der Waals surface area contributed by atoms with Crippen molar-refractivity contribution >= 4 is 0 Å². The third-order valence-corrected chi connectivity index (χ3v) is 4.40. The number of rotatable bonds is 5. The van der Waals surface area contributed by atoms with Crippen LogP contribution in [0.3, 0.4) is 0 Å². The van der Waals surface area contributed by atoms with E-state index in [1.54, 1.807) is 0 Å². The van der Waals surface area contributed by atoms with E-state index in [1.165, 1.54) is 0 Å². The minimum Gasteiger partial charge on any atom is -0.383 e. The Bertz CT molecular complexity index is 484. The molecular weight excluding hydrogens is 400 g/mol. The molecule has 2 unspecified atom stereocenters. The maximum absolute atomic E-state index is 13.9. The third-order valence-electron chi connectivity index (χ3n) is 4.40. The summed E-state index contributed by atoms with van der Waals surface area (Å²) in [6, 6.07) is 0. The molecule has 1 fully saturated rings. The first-order chi connectivity index (χ1) is 11.4. The molecule has 156 valence electrons. The van der Waals surface area contributed by atoms with Gasteiger partial charge in [-0.2, -0.15) is 35.1 Å². The van der Waals surface area contributed by atoms with Gasteiger partial charge in [0.2, 0.25) is 0 Å². The van der Waals surface area contributed by atoms with Crippen LogP contribution in [0.25, 0.3) is 0 Å². The first-order valence-electron chi connectivity index (χ1n) is 7.27. The highest BCUT2D eigenvalue weighted by molar-refractivity contribution is 5.07. The second-order valence-corrected chi connectivity index (χ2v) is 6.26. The maximum atomic E-state index is 13.9. The summed E-state index contributed by atoms with van der Waals surface area (Å²) in [5, 5.41) is 9.91. The Morgan fingerprint density at radius 3 is 1.69 bits per heavy atom. The van der Waals surface area contributed by atoms with Gasteiger partial charge in [-0.05, 0) is 18.8 Å². The van der Waals surface area contributed by atoms with Gasteiger partial charge < -0.3 is 5.11 Å². The molecule has 13 heteroatoms. The van der Waals surface area contributed by atoms with Crippen LogP contribution in [0.5, 0.6) is 0 Å². The van der Waals surface area contributed by atoms with Gasteiger partial charge >= 0.3 is 18.3 Å². The largest absolute Gasteiger partial charge is 0.425 e. The average Bonchev–Trinajstić information content (AvgIpc) is 2.45. The van der Waals surface area contributed by atoms with Crippen molar-refractivity contribution in [1.29, 1.82) is 0 Å². The van der Waals surface area contributed by atoms with E-state index >= 15 is 0 Å². The van der Waals surface area contributed by atoms with E-state index in [-0.39, 0.29) is 6.42 Å². The fourth-order valence-corrected chi connectivity index (χ4v) is 3.03. The Morgan fingerprint density at radius 1 is 0.808 bits per heavy atom. The van der Waals surface area contributed by atoms with E-state index in [0.717, 1.165) is 0 Å². The predicted octanol–water partition coefficient (Wildman–Crippen LogP) is 5.37. The van der Waals surface area contributed by atoms with Gasteiger partial charge in [0.05, 0.1) is 0 Å². The number of hydrogen-bond acceptors (Lipinski definition) is 1. The Morgan fingerprint density at radius 2 is 1.27 bits per heavy atom. The van der Waals surface area contributed by atoms with Gasteiger partial charge in [0.15, 0.2) is 0 Å². The molecule has 1 aliphatic carbocycles. The second kappa shape index (κ2) is 6.93. The molecule has 0 aromatic carbocycles. The monoisotopic (exact) mass is 414 g/mol. The van der Waals surface area contributed by atoms with Crippen molar-refractivity contribution < 1.29 is 57.8 Å². The summed E-state index contributed by atoms with van der Waals surface area (Å²) in [6.07, 6.45) is -27.0. The molecule has 0 bridgehead atoms. The molecule has 4 atom stereocenters. The topological polar surface area (TPSA) is 20.2 Å². The fourth-order valence-electron chi connectivity index (χ4n) is 3.03. The standard InChI is InChI=1S/C13H14F12O/c14-7(12(20,21)22)10(16,17)5-6-3-1-2-4-9(6,26)11(18,19)8(15)13(23,24)25/h6-8,26H,1-5H2/t6-,7?,8?,9+/m1/s1. The minimum absolute atomic E-state index is 0.203. The third kappa shape index (κ3) is 4.33. The van der Waals surface area contributed by atoms with Crippen molar-refractivity contribution in [3.05, 3.63) is 0 Å². The van der Waals surface area contributed by atoms with Gasteiger partial charge in [-0.1, -0.05) is 12.8 Å². The highest BCUT2D eigenvalue weighted by atomic mass is 19.4. The summed E-state index contributed by atoms with van der Waals surface area (Å²) in [6.45, 7) is 0. The highest BCUT2D eigenvalue weighted by Crippen LogP contribution is 2.53. The number of hydrogen-bond donors (Lipinski definition) is 1. The number of alkyl halides is 12. The van der Waals surface area contributed by atoms with Gasteiger partial charge in [-0.25, -0.2) is 17.6 Å². The molecule has 0 radical (unpaired) electrons. The summed E-state index contributed by atoms with van der Waals surface area (Å²) in [5.41, 5.74) is -4.01. The molecular formula is C13H14F12O.